The van der Waals surface area contributed by atoms with Gasteiger partial charge in [0.25, 0.3) is 0 Å². The number of hydrogen-bond acceptors (Lipinski definition) is 3. The summed E-state index contributed by atoms with van der Waals surface area (Å²) in [5.74, 6) is 0.402. The van der Waals surface area contributed by atoms with E-state index >= 15 is 0 Å². The van der Waals surface area contributed by atoms with E-state index < -0.39 is 0 Å². The predicted octanol–water partition coefficient (Wildman–Crippen LogP) is 1.56. The van der Waals surface area contributed by atoms with Gasteiger partial charge in [-0.05, 0) is 46.1 Å². The zero-order chi connectivity index (χ0) is 12.4. The average molecular weight is 312 g/mol. The van der Waals surface area contributed by atoms with Gasteiger partial charge in [-0.25, -0.2) is 0 Å². The molecule has 2 fully saturated rings. The van der Waals surface area contributed by atoms with Crippen LogP contribution in [-0.4, -0.2) is 42.5 Å². The summed E-state index contributed by atoms with van der Waals surface area (Å²) in [5.41, 5.74) is 5.85. The molecule has 2 rings (SSSR count). The van der Waals surface area contributed by atoms with Crippen molar-refractivity contribution in [2.24, 2.45) is 11.7 Å². The quantitative estimate of drug-likeness (QED) is 0.813. The molecule has 1 amide bonds. The van der Waals surface area contributed by atoms with Crippen molar-refractivity contribution < 1.29 is 4.79 Å². The van der Waals surface area contributed by atoms with Crippen LogP contribution in [-0.2, 0) is 4.79 Å². The summed E-state index contributed by atoms with van der Waals surface area (Å²) < 4.78 is 0. The van der Waals surface area contributed by atoms with Gasteiger partial charge in [0, 0.05) is 30.6 Å². The Morgan fingerprint density at radius 2 is 1.89 bits per heavy atom. The van der Waals surface area contributed by atoms with Crippen LogP contribution in [0.4, 0.5) is 0 Å². The fraction of sp³-hybridized carbons (Fsp3) is 0.923. The second kappa shape index (κ2) is 8.30. The van der Waals surface area contributed by atoms with Gasteiger partial charge in [-0.1, -0.05) is 0 Å². The topological polar surface area (TPSA) is 58.4 Å². The first-order valence-electron chi connectivity index (χ1n) is 6.82. The summed E-state index contributed by atoms with van der Waals surface area (Å²) >= 11 is 0. The Bertz CT molecular complexity index is 291. The van der Waals surface area contributed by atoms with Crippen molar-refractivity contribution in [3.8, 4) is 0 Å². The molecule has 19 heavy (non-hydrogen) atoms. The van der Waals surface area contributed by atoms with Crippen LogP contribution in [0.25, 0.3) is 0 Å². The number of carbonyl (C=O) groups is 1. The lowest BCUT2D eigenvalue weighted by Crippen LogP contribution is -2.48. The highest BCUT2D eigenvalue weighted by Gasteiger charge is 2.30. The Kier molecular flexibility index (Phi) is 8.29. The lowest BCUT2D eigenvalue weighted by Gasteiger charge is -2.35. The van der Waals surface area contributed by atoms with Gasteiger partial charge in [-0.3, -0.25) is 4.79 Å². The zero-order valence-corrected chi connectivity index (χ0v) is 13.4. The Hall–Kier alpha value is -0.0300. The van der Waals surface area contributed by atoms with Crippen molar-refractivity contribution in [1.29, 1.82) is 0 Å². The van der Waals surface area contributed by atoms with Crippen molar-refractivity contribution in [3.63, 3.8) is 0 Å². The molecule has 0 radical (unpaired) electrons. The van der Waals surface area contributed by atoms with Gasteiger partial charge >= 0.3 is 0 Å². The van der Waals surface area contributed by atoms with Crippen molar-refractivity contribution >= 4 is 30.7 Å². The maximum absolute atomic E-state index is 12.1. The van der Waals surface area contributed by atoms with Crippen LogP contribution in [0.2, 0.25) is 0 Å². The zero-order valence-electron chi connectivity index (χ0n) is 11.8. The number of nitrogens with one attached hydrogen (secondary N) is 1. The molecule has 1 aliphatic heterocycles. The van der Waals surface area contributed by atoms with Crippen LogP contribution in [0.15, 0.2) is 0 Å². The second-order valence-corrected chi connectivity index (χ2v) is 5.83. The van der Waals surface area contributed by atoms with Gasteiger partial charge in [0.2, 0.25) is 5.91 Å². The Labute approximate surface area is 128 Å². The summed E-state index contributed by atoms with van der Waals surface area (Å²) in [6.07, 6.45) is 4.98. The largest absolute Gasteiger partial charge is 0.353 e. The van der Waals surface area contributed by atoms with E-state index in [0.717, 1.165) is 38.6 Å². The number of amides is 1. The first-order chi connectivity index (χ1) is 8.06. The number of hydrogen-bond donors (Lipinski definition) is 2. The summed E-state index contributed by atoms with van der Waals surface area (Å²) in [5, 5.41) is 3.21. The minimum absolute atomic E-state index is 0. The average Bonchev–Trinajstić information content (AvgIpc) is 2.70. The molecular formula is C13H27Cl2N3O. The van der Waals surface area contributed by atoms with Gasteiger partial charge in [0.05, 0.1) is 0 Å². The number of carbonyl (C=O) groups excluding carboxylic acids is 1. The van der Waals surface area contributed by atoms with E-state index in [1.807, 2.05) is 0 Å². The molecule has 1 heterocycles. The van der Waals surface area contributed by atoms with E-state index in [-0.39, 0.29) is 42.7 Å². The van der Waals surface area contributed by atoms with E-state index in [1.54, 1.807) is 0 Å². The highest BCUT2D eigenvalue weighted by molar-refractivity contribution is 5.85. The molecule has 0 aromatic rings. The van der Waals surface area contributed by atoms with Crippen LogP contribution in [0.5, 0.6) is 0 Å². The summed E-state index contributed by atoms with van der Waals surface area (Å²) in [7, 11) is 2.15. The van der Waals surface area contributed by atoms with Crippen molar-refractivity contribution in [1.82, 2.24) is 10.2 Å². The van der Waals surface area contributed by atoms with Crippen LogP contribution in [0.3, 0.4) is 0 Å². The van der Waals surface area contributed by atoms with Gasteiger partial charge < -0.3 is 16.0 Å². The molecule has 6 heteroatoms. The number of nitrogens with zero attached hydrogens (tertiary/aromatic N) is 1. The highest BCUT2D eigenvalue weighted by Crippen LogP contribution is 2.25. The number of piperidine rings is 1. The van der Waals surface area contributed by atoms with E-state index in [4.69, 9.17) is 5.73 Å². The third-order valence-electron chi connectivity index (χ3n) is 4.40. The van der Waals surface area contributed by atoms with Gasteiger partial charge in [-0.2, -0.15) is 0 Å². The predicted molar refractivity (Wildman–Crippen MR) is 83.1 cm³/mol. The maximum Gasteiger partial charge on any atom is 0.223 e. The SMILES string of the molecule is CC1CC(NC(=O)C2CCC(N)C2)CCN1C.Cl.Cl. The lowest BCUT2D eigenvalue weighted by atomic mass is 9.97. The van der Waals surface area contributed by atoms with Gasteiger partial charge in [-0.15, -0.1) is 24.8 Å². The van der Waals surface area contributed by atoms with Crippen LogP contribution >= 0.6 is 24.8 Å². The Balaban J connectivity index is 0.00000162. The monoisotopic (exact) mass is 311 g/mol. The van der Waals surface area contributed by atoms with E-state index in [1.165, 1.54) is 0 Å². The number of nitrogens with two attached hydrogens (primary N) is 1. The fourth-order valence-corrected chi connectivity index (χ4v) is 2.99. The van der Waals surface area contributed by atoms with Crippen LogP contribution < -0.4 is 11.1 Å². The molecule has 1 saturated carbocycles. The minimum atomic E-state index is 0. The second-order valence-electron chi connectivity index (χ2n) is 5.83. The molecule has 0 aromatic carbocycles. The summed E-state index contributed by atoms with van der Waals surface area (Å²) in [6.45, 7) is 3.31. The molecule has 4 atom stereocenters. The van der Waals surface area contributed by atoms with E-state index in [2.05, 4.69) is 24.2 Å². The molecule has 114 valence electrons. The van der Waals surface area contributed by atoms with Gasteiger partial charge in [0.15, 0.2) is 0 Å². The molecular weight excluding hydrogens is 285 g/mol. The van der Waals surface area contributed by atoms with Crippen LogP contribution in [0.1, 0.15) is 39.0 Å². The smallest absolute Gasteiger partial charge is 0.223 e. The first-order valence-corrected chi connectivity index (χ1v) is 6.82. The first kappa shape index (κ1) is 19.0. The number of likely N-dealkylation sites (tertiary alicyclic amines) is 1. The molecule has 1 aliphatic carbocycles. The Morgan fingerprint density at radius 1 is 1.21 bits per heavy atom. The van der Waals surface area contributed by atoms with E-state index in [0.29, 0.717) is 12.1 Å². The third kappa shape index (κ3) is 5.10. The van der Waals surface area contributed by atoms with Crippen molar-refractivity contribution in [3.05, 3.63) is 0 Å². The molecule has 4 unspecified atom stereocenters. The highest BCUT2D eigenvalue weighted by atomic mass is 35.5. The van der Waals surface area contributed by atoms with Crippen molar-refractivity contribution in [2.45, 2.75) is 57.2 Å². The molecule has 4 nitrogen and oxygen atoms in total. The fourth-order valence-electron chi connectivity index (χ4n) is 2.99. The molecule has 0 bridgehead atoms. The molecule has 2 aliphatic rings. The summed E-state index contributed by atoms with van der Waals surface area (Å²) in [6, 6.07) is 1.17. The molecule has 0 spiro atoms. The number of rotatable bonds is 2. The van der Waals surface area contributed by atoms with Crippen LogP contribution in [0, 0.1) is 5.92 Å². The normalized spacial score (nSPS) is 35.1. The standard InChI is InChI=1S/C13H25N3O.2ClH/c1-9-7-12(5-6-16(9)2)15-13(17)10-3-4-11(14)8-10;;/h9-12H,3-8,14H2,1-2H3,(H,15,17);2*1H. The van der Waals surface area contributed by atoms with E-state index in [9.17, 15) is 4.79 Å². The summed E-state index contributed by atoms with van der Waals surface area (Å²) in [4.78, 5) is 14.4. The number of halogens is 2. The third-order valence-corrected chi connectivity index (χ3v) is 4.40. The minimum Gasteiger partial charge on any atom is -0.353 e. The van der Waals surface area contributed by atoms with Gasteiger partial charge in [0.1, 0.15) is 0 Å². The van der Waals surface area contributed by atoms with Crippen molar-refractivity contribution in [2.75, 3.05) is 13.6 Å². The molecule has 3 N–H and O–H groups in total. The Morgan fingerprint density at radius 3 is 2.42 bits per heavy atom. The molecule has 1 saturated heterocycles. The lowest BCUT2D eigenvalue weighted by molar-refractivity contribution is -0.126. The maximum atomic E-state index is 12.1. The molecule has 0 aromatic heterocycles.